The van der Waals surface area contributed by atoms with Crippen molar-refractivity contribution in [2.24, 2.45) is 5.92 Å². The fraction of sp³-hybridized carbons (Fsp3) is 0.583. The number of nitrogens with zero attached hydrogens (tertiary/aromatic N) is 1. The van der Waals surface area contributed by atoms with E-state index in [1.807, 2.05) is 4.90 Å². The molecular weight excluding hydrogens is 318 g/mol. The Kier molecular flexibility index (Phi) is 4.64. The van der Waals surface area contributed by atoms with Crippen molar-refractivity contribution in [2.75, 3.05) is 26.8 Å². The number of amides is 1. The van der Waals surface area contributed by atoms with Gasteiger partial charge in [0.15, 0.2) is 0 Å². The first-order valence-corrected chi connectivity index (χ1v) is 7.50. The Labute approximate surface area is 119 Å². The molecule has 1 aliphatic heterocycles. The standard InChI is InChI=1S/C12H16BrNO3S/c1-17-9-5-10(18-11(9)13)12(16)14-4-2-3-8(6-14)7-15/h5,8,15H,2-4,6-7H2,1H3. The zero-order valence-corrected chi connectivity index (χ0v) is 12.6. The van der Waals surface area contributed by atoms with Crippen molar-refractivity contribution >= 4 is 33.2 Å². The summed E-state index contributed by atoms with van der Waals surface area (Å²) in [5, 5.41) is 9.18. The van der Waals surface area contributed by atoms with Crippen LogP contribution in [0.1, 0.15) is 22.5 Å². The molecule has 1 saturated heterocycles. The highest BCUT2D eigenvalue weighted by molar-refractivity contribution is 9.11. The van der Waals surface area contributed by atoms with Crippen LogP contribution in [0.4, 0.5) is 0 Å². The van der Waals surface area contributed by atoms with Crippen molar-refractivity contribution < 1.29 is 14.6 Å². The van der Waals surface area contributed by atoms with Crippen molar-refractivity contribution in [3.05, 3.63) is 14.7 Å². The number of rotatable bonds is 3. The van der Waals surface area contributed by atoms with Gasteiger partial charge in [-0.15, -0.1) is 11.3 Å². The molecule has 0 spiro atoms. The Balaban J connectivity index is 2.10. The average Bonchev–Trinajstić information content (AvgIpc) is 2.79. The summed E-state index contributed by atoms with van der Waals surface area (Å²) < 4.78 is 6.00. The zero-order chi connectivity index (χ0) is 13.1. The van der Waals surface area contributed by atoms with E-state index in [0.717, 1.165) is 23.2 Å². The quantitative estimate of drug-likeness (QED) is 0.923. The van der Waals surface area contributed by atoms with Gasteiger partial charge in [-0.2, -0.15) is 0 Å². The smallest absolute Gasteiger partial charge is 0.264 e. The van der Waals surface area contributed by atoms with Crippen LogP contribution in [0.15, 0.2) is 9.85 Å². The van der Waals surface area contributed by atoms with Crippen LogP contribution in [0, 0.1) is 5.92 Å². The molecule has 100 valence electrons. The van der Waals surface area contributed by atoms with Crippen LogP contribution in [-0.2, 0) is 0 Å². The molecule has 18 heavy (non-hydrogen) atoms. The number of methoxy groups -OCH3 is 1. The third kappa shape index (κ3) is 2.87. The summed E-state index contributed by atoms with van der Waals surface area (Å²) >= 11 is 4.77. The molecule has 0 aromatic carbocycles. The van der Waals surface area contributed by atoms with Gasteiger partial charge in [-0.3, -0.25) is 4.79 Å². The number of hydrogen-bond acceptors (Lipinski definition) is 4. The van der Waals surface area contributed by atoms with E-state index in [-0.39, 0.29) is 18.4 Å². The summed E-state index contributed by atoms with van der Waals surface area (Å²) in [5.41, 5.74) is 0. The van der Waals surface area contributed by atoms with E-state index < -0.39 is 0 Å². The van der Waals surface area contributed by atoms with E-state index in [2.05, 4.69) is 15.9 Å². The minimum Gasteiger partial charge on any atom is -0.495 e. The van der Waals surface area contributed by atoms with Gasteiger partial charge in [-0.05, 0) is 34.7 Å². The molecule has 1 N–H and O–H groups in total. The first kappa shape index (κ1) is 13.8. The van der Waals surface area contributed by atoms with Gasteiger partial charge in [0, 0.05) is 25.8 Å². The minimum atomic E-state index is 0.0298. The Morgan fingerprint density at radius 2 is 2.50 bits per heavy atom. The van der Waals surface area contributed by atoms with E-state index in [0.29, 0.717) is 17.2 Å². The van der Waals surface area contributed by atoms with Gasteiger partial charge in [0.1, 0.15) is 9.54 Å². The number of piperidine rings is 1. The lowest BCUT2D eigenvalue weighted by atomic mass is 9.99. The van der Waals surface area contributed by atoms with Gasteiger partial charge >= 0.3 is 0 Å². The number of aliphatic hydroxyl groups excluding tert-OH is 1. The summed E-state index contributed by atoms with van der Waals surface area (Å²) in [4.78, 5) is 14.8. The third-order valence-corrected chi connectivity index (χ3v) is 4.92. The van der Waals surface area contributed by atoms with Crippen molar-refractivity contribution in [3.63, 3.8) is 0 Å². The monoisotopic (exact) mass is 333 g/mol. The fourth-order valence-corrected chi connectivity index (χ4v) is 3.77. The third-order valence-electron chi connectivity index (χ3n) is 3.15. The molecule has 1 amide bonds. The van der Waals surface area contributed by atoms with Crippen LogP contribution in [0.2, 0.25) is 0 Å². The fourth-order valence-electron chi connectivity index (χ4n) is 2.15. The van der Waals surface area contributed by atoms with Gasteiger partial charge in [0.2, 0.25) is 0 Å². The highest BCUT2D eigenvalue weighted by Crippen LogP contribution is 2.35. The molecule has 0 radical (unpaired) electrons. The maximum Gasteiger partial charge on any atom is 0.264 e. The maximum absolute atomic E-state index is 12.3. The van der Waals surface area contributed by atoms with Crippen molar-refractivity contribution in [3.8, 4) is 5.75 Å². The molecule has 1 fully saturated rings. The predicted molar refractivity (Wildman–Crippen MR) is 74.3 cm³/mol. The van der Waals surface area contributed by atoms with E-state index in [1.54, 1.807) is 13.2 Å². The lowest BCUT2D eigenvalue weighted by Gasteiger charge is -2.31. The van der Waals surface area contributed by atoms with Crippen LogP contribution >= 0.6 is 27.3 Å². The second-order valence-corrected chi connectivity index (χ2v) is 6.76. The Morgan fingerprint density at radius 1 is 1.72 bits per heavy atom. The van der Waals surface area contributed by atoms with E-state index >= 15 is 0 Å². The van der Waals surface area contributed by atoms with Crippen molar-refractivity contribution in [1.29, 1.82) is 0 Å². The predicted octanol–water partition coefficient (Wildman–Crippen LogP) is 2.36. The maximum atomic E-state index is 12.3. The van der Waals surface area contributed by atoms with E-state index in [4.69, 9.17) is 4.74 Å². The van der Waals surface area contributed by atoms with Crippen molar-refractivity contribution in [1.82, 2.24) is 4.90 Å². The molecule has 6 heteroatoms. The summed E-state index contributed by atoms with van der Waals surface area (Å²) in [7, 11) is 1.59. The first-order chi connectivity index (χ1) is 8.65. The summed E-state index contributed by atoms with van der Waals surface area (Å²) in [5.74, 6) is 0.939. The molecule has 0 bridgehead atoms. The molecule has 1 unspecified atom stereocenters. The lowest BCUT2D eigenvalue weighted by molar-refractivity contribution is 0.0625. The highest BCUT2D eigenvalue weighted by Gasteiger charge is 2.25. The Morgan fingerprint density at radius 3 is 3.11 bits per heavy atom. The number of carbonyl (C=O) groups is 1. The molecule has 2 heterocycles. The number of hydrogen-bond donors (Lipinski definition) is 1. The Bertz CT molecular complexity index is 435. The molecule has 0 saturated carbocycles. The molecule has 1 aliphatic rings. The van der Waals surface area contributed by atoms with Crippen molar-refractivity contribution in [2.45, 2.75) is 12.8 Å². The topological polar surface area (TPSA) is 49.8 Å². The number of carbonyl (C=O) groups excluding carboxylic acids is 1. The largest absolute Gasteiger partial charge is 0.495 e. The second-order valence-electron chi connectivity index (χ2n) is 4.39. The van der Waals surface area contributed by atoms with Gasteiger partial charge in [0.05, 0.1) is 12.0 Å². The number of aliphatic hydroxyl groups is 1. The second kappa shape index (κ2) is 6.04. The number of halogens is 1. The summed E-state index contributed by atoms with van der Waals surface area (Å²) in [6.45, 7) is 1.57. The molecule has 1 atom stereocenters. The van der Waals surface area contributed by atoms with Gasteiger partial charge in [-0.25, -0.2) is 0 Å². The zero-order valence-electron chi connectivity index (χ0n) is 10.2. The van der Waals surface area contributed by atoms with Crippen LogP contribution in [0.3, 0.4) is 0 Å². The molecular formula is C12H16BrNO3S. The normalized spacial score (nSPS) is 19.9. The van der Waals surface area contributed by atoms with E-state index in [9.17, 15) is 9.90 Å². The van der Waals surface area contributed by atoms with Gasteiger partial charge in [-0.1, -0.05) is 0 Å². The van der Waals surface area contributed by atoms with Crippen LogP contribution in [0.25, 0.3) is 0 Å². The average molecular weight is 334 g/mol. The van der Waals surface area contributed by atoms with Gasteiger partial charge < -0.3 is 14.7 Å². The summed E-state index contributed by atoms with van der Waals surface area (Å²) in [6, 6.07) is 1.76. The molecule has 4 nitrogen and oxygen atoms in total. The SMILES string of the molecule is COc1cc(C(=O)N2CCCC(CO)C2)sc1Br. The molecule has 1 aromatic heterocycles. The van der Waals surface area contributed by atoms with Crippen LogP contribution in [0.5, 0.6) is 5.75 Å². The molecule has 1 aromatic rings. The molecule has 2 rings (SSSR count). The minimum absolute atomic E-state index is 0.0298. The summed E-state index contributed by atoms with van der Waals surface area (Å²) in [6.07, 6.45) is 1.96. The van der Waals surface area contributed by atoms with Gasteiger partial charge in [0.25, 0.3) is 5.91 Å². The number of ether oxygens (including phenoxy) is 1. The molecule has 0 aliphatic carbocycles. The van der Waals surface area contributed by atoms with E-state index in [1.165, 1.54) is 11.3 Å². The highest BCUT2D eigenvalue weighted by atomic mass is 79.9. The first-order valence-electron chi connectivity index (χ1n) is 5.89. The van der Waals surface area contributed by atoms with Crippen LogP contribution < -0.4 is 4.74 Å². The Hall–Kier alpha value is -0.590. The van der Waals surface area contributed by atoms with Crippen LogP contribution in [-0.4, -0.2) is 42.7 Å². The number of likely N-dealkylation sites (tertiary alicyclic amines) is 1. The number of thiophene rings is 1. The lowest BCUT2D eigenvalue weighted by Crippen LogP contribution is -2.40.